The number of nitrogens with one attached hydrogen (secondary N) is 2. The number of hydrogen-bond donors (Lipinski definition) is 2. The normalized spacial score (nSPS) is 16.2. The van der Waals surface area contributed by atoms with Gasteiger partial charge in [0.05, 0.1) is 12.6 Å². The van der Waals surface area contributed by atoms with Gasteiger partial charge in [0.2, 0.25) is 0 Å². The third-order valence-corrected chi connectivity index (χ3v) is 4.14. The van der Waals surface area contributed by atoms with E-state index in [-0.39, 0.29) is 12.1 Å². The van der Waals surface area contributed by atoms with E-state index in [9.17, 15) is 4.79 Å². The van der Waals surface area contributed by atoms with Gasteiger partial charge in [0.15, 0.2) is 5.82 Å². The summed E-state index contributed by atoms with van der Waals surface area (Å²) >= 11 is 0. The highest BCUT2D eigenvalue weighted by molar-refractivity contribution is 5.74. The number of aromatic nitrogens is 6. The first kappa shape index (κ1) is 15.3. The Kier molecular flexibility index (Phi) is 4.11. The maximum Gasteiger partial charge on any atom is 0.315 e. The molecule has 3 aromatic rings. The molecule has 2 amide bonds. The smallest absolute Gasteiger partial charge is 0.315 e. The van der Waals surface area contributed by atoms with E-state index in [1.807, 2.05) is 29.1 Å². The van der Waals surface area contributed by atoms with Crippen molar-refractivity contribution in [3.05, 3.63) is 54.5 Å². The number of pyridine rings is 1. The van der Waals surface area contributed by atoms with Crippen LogP contribution in [0.4, 0.5) is 4.79 Å². The lowest BCUT2D eigenvalue weighted by atomic mass is 10.1. The quantitative estimate of drug-likeness (QED) is 0.728. The Morgan fingerprint density at radius 2 is 2.24 bits per heavy atom. The van der Waals surface area contributed by atoms with E-state index < -0.39 is 0 Å². The van der Waals surface area contributed by atoms with Gasteiger partial charge in [-0.2, -0.15) is 10.2 Å². The van der Waals surface area contributed by atoms with Crippen molar-refractivity contribution in [1.29, 1.82) is 0 Å². The number of fused-ring (bicyclic) bond motifs is 1. The van der Waals surface area contributed by atoms with Gasteiger partial charge in [-0.25, -0.2) is 24.1 Å². The highest BCUT2D eigenvalue weighted by Crippen LogP contribution is 2.11. The molecule has 0 saturated heterocycles. The number of rotatable bonds is 4. The van der Waals surface area contributed by atoms with Crippen LogP contribution in [0.1, 0.15) is 17.8 Å². The van der Waals surface area contributed by atoms with Crippen molar-refractivity contribution < 1.29 is 4.79 Å². The van der Waals surface area contributed by atoms with Crippen molar-refractivity contribution in [2.75, 3.05) is 0 Å². The molecule has 4 rings (SSSR count). The fraction of sp³-hybridized carbons (Fsp3) is 0.312. The summed E-state index contributed by atoms with van der Waals surface area (Å²) in [6.07, 6.45) is 8.48. The molecule has 2 N–H and O–H groups in total. The topological polar surface area (TPSA) is 103 Å². The van der Waals surface area contributed by atoms with Crippen molar-refractivity contribution in [2.45, 2.75) is 32.0 Å². The van der Waals surface area contributed by atoms with Crippen LogP contribution in [0.25, 0.3) is 5.82 Å². The van der Waals surface area contributed by atoms with Crippen molar-refractivity contribution in [3.8, 4) is 5.82 Å². The van der Waals surface area contributed by atoms with E-state index in [2.05, 4.69) is 30.8 Å². The number of hydrogen-bond acceptors (Lipinski definition) is 5. The van der Waals surface area contributed by atoms with E-state index in [4.69, 9.17) is 0 Å². The number of urea groups is 1. The fourth-order valence-electron chi connectivity index (χ4n) is 2.87. The van der Waals surface area contributed by atoms with Gasteiger partial charge in [0, 0.05) is 31.6 Å². The van der Waals surface area contributed by atoms with Crippen LogP contribution >= 0.6 is 0 Å². The van der Waals surface area contributed by atoms with Crippen molar-refractivity contribution in [1.82, 2.24) is 40.2 Å². The predicted octanol–water partition coefficient (Wildman–Crippen LogP) is 0.673. The summed E-state index contributed by atoms with van der Waals surface area (Å²) in [6, 6.07) is 5.48. The van der Waals surface area contributed by atoms with Gasteiger partial charge in [-0.05, 0) is 30.2 Å². The zero-order valence-corrected chi connectivity index (χ0v) is 13.5. The summed E-state index contributed by atoms with van der Waals surface area (Å²) < 4.78 is 3.52. The molecular formula is C16H18N8O. The Labute approximate surface area is 144 Å². The first-order valence-electron chi connectivity index (χ1n) is 8.14. The number of amides is 2. The minimum Gasteiger partial charge on any atom is -0.334 e. The monoisotopic (exact) mass is 338 g/mol. The molecule has 3 aromatic heterocycles. The van der Waals surface area contributed by atoms with Gasteiger partial charge in [-0.3, -0.25) is 0 Å². The molecule has 1 aliphatic rings. The lowest BCUT2D eigenvalue weighted by Gasteiger charge is -2.23. The fourth-order valence-corrected chi connectivity index (χ4v) is 2.87. The number of aryl methyl sites for hydroxylation is 1. The second-order valence-electron chi connectivity index (χ2n) is 5.89. The second-order valence-corrected chi connectivity index (χ2v) is 5.89. The van der Waals surface area contributed by atoms with E-state index in [0.29, 0.717) is 13.1 Å². The Morgan fingerprint density at radius 3 is 3.12 bits per heavy atom. The zero-order chi connectivity index (χ0) is 17.1. The molecule has 1 aliphatic heterocycles. The SMILES string of the molecule is O=C(NCc1ccnc(-n2cccn2)c1)N[C@H]1CCc2ncnn2C1. The van der Waals surface area contributed by atoms with Crippen molar-refractivity contribution in [3.63, 3.8) is 0 Å². The molecule has 0 radical (unpaired) electrons. The average Bonchev–Trinajstić information content (AvgIpc) is 3.31. The largest absolute Gasteiger partial charge is 0.334 e. The highest BCUT2D eigenvalue weighted by Gasteiger charge is 2.21. The molecule has 0 saturated carbocycles. The lowest BCUT2D eigenvalue weighted by Crippen LogP contribution is -2.45. The van der Waals surface area contributed by atoms with Crippen molar-refractivity contribution >= 4 is 6.03 Å². The third kappa shape index (κ3) is 3.49. The number of carbonyl (C=O) groups is 1. The maximum absolute atomic E-state index is 12.1. The Morgan fingerprint density at radius 1 is 1.28 bits per heavy atom. The van der Waals surface area contributed by atoms with Gasteiger partial charge >= 0.3 is 6.03 Å². The Bertz CT molecular complexity index is 857. The molecule has 0 aliphatic carbocycles. The van der Waals surface area contributed by atoms with Gasteiger partial charge < -0.3 is 10.6 Å². The van der Waals surface area contributed by atoms with Crippen LogP contribution in [0.3, 0.4) is 0 Å². The molecule has 1 atom stereocenters. The average molecular weight is 338 g/mol. The molecule has 0 spiro atoms. The molecule has 0 aromatic carbocycles. The van der Waals surface area contributed by atoms with Crippen LogP contribution in [-0.2, 0) is 19.5 Å². The molecule has 9 nitrogen and oxygen atoms in total. The first-order valence-corrected chi connectivity index (χ1v) is 8.14. The molecule has 4 heterocycles. The summed E-state index contributed by atoms with van der Waals surface area (Å²) in [5.74, 6) is 1.69. The molecule has 0 bridgehead atoms. The molecule has 0 unspecified atom stereocenters. The third-order valence-electron chi connectivity index (χ3n) is 4.14. The van der Waals surface area contributed by atoms with Crippen LogP contribution in [0, 0.1) is 0 Å². The summed E-state index contributed by atoms with van der Waals surface area (Å²) in [5, 5.41) is 14.2. The van der Waals surface area contributed by atoms with E-state index >= 15 is 0 Å². The lowest BCUT2D eigenvalue weighted by molar-refractivity contribution is 0.231. The second kappa shape index (κ2) is 6.71. The summed E-state index contributed by atoms with van der Waals surface area (Å²) in [6.45, 7) is 1.07. The maximum atomic E-state index is 12.1. The van der Waals surface area contributed by atoms with E-state index in [1.165, 1.54) is 0 Å². The summed E-state index contributed by atoms with van der Waals surface area (Å²) in [4.78, 5) is 20.6. The zero-order valence-electron chi connectivity index (χ0n) is 13.5. The summed E-state index contributed by atoms with van der Waals surface area (Å²) in [5.41, 5.74) is 0.956. The number of nitrogens with zero attached hydrogens (tertiary/aromatic N) is 6. The minimum absolute atomic E-state index is 0.0614. The van der Waals surface area contributed by atoms with Crippen LogP contribution in [0.2, 0.25) is 0 Å². The van der Waals surface area contributed by atoms with E-state index in [0.717, 1.165) is 30.0 Å². The summed E-state index contributed by atoms with van der Waals surface area (Å²) in [7, 11) is 0. The van der Waals surface area contributed by atoms with Crippen LogP contribution in [0.15, 0.2) is 43.1 Å². The molecule has 9 heteroatoms. The Balaban J connectivity index is 1.31. The predicted molar refractivity (Wildman–Crippen MR) is 88.9 cm³/mol. The van der Waals surface area contributed by atoms with Gasteiger partial charge in [0.1, 0.15) is 12.2 Å². The van der Waals surface area contributed by atoms with Gasteiger partial charge in [0.25, 0.3) is 0 Å². The standard InChI is InChI=1S/C16H18N8O/c25-16(22-13-2-3-14-19-11-21-24(14)10-13)18-9-12-4-6-17-15(8-12)23-7-1-5-20-23/h1,4-8,11,13H,2-3,9-10H2,(H2,18,22,25)/t13-/m0/s1. The minimum atomic E-state index is -0.189. The molecule has 128 valence electrons. The number of carbonyl (C=O) groups excluding carboxylic acids is 1. The van der Waals surface area contributed by atoms with E-state index in [1.54, 1.807) is 23.4 Å². The van der Waals surface area contributed by atoms with Gasteiger partial charge in [-0.1, -0.05) is 0 Å². The Hall–Kier alpha value is -3.23. The molecule has 0 fully saturated rings. The first-order chi connectivity index (χ1) is 12.3. The van der Waals surface area contributed by atoms with Gasteiger partial charge in [-0.15, -0.1) is 0 Å². The van der Waals surface area contributed by atoms with Crippen molar-refractivity contribution in [2.24, 2.45) is 0 Å². The van der Waals surface area contributed by atoms with Crippen LogP contribution in [-0.4, -0.2) is 41.6 Å². The molecule has 25 heavy (non-hydrogen) atoms. The highest BCUT2D eigenvalue weighted by atomic mass is 16.2. The van der Waals surface area contributed by atoms with Crippen LogP contribution in [0.5, 0.6) is 0 Å². The molecular weight excluding hydrogens is 320 g/mol. The van der Waals surface area contributed by atoms with Crippen LogP contribution < -0.4 is 10.6 Å².